The number of likely N-dealkylation sites (tertiary alicyclic amines) is 1. The highest BCUT2D eigenvalue weighted by Gasteiger charge is 2.39. The molecule has 1 rings (SSSR count). The standard InChI is InChI=1S/C16H31N3O2/c1-4-9-18-14(20)13-8-7-10-19(11-13)15(21)16(5-2,6-3)12-17/h13H,4-12,17H2,1-3H3,(H,18,20). The third kappa shape index (κ3) is 4.19. The molecule has 0 radical (unpaired) electrons. The molecule has 1 heterocycles. The fourth-order valence-electron chi connectivity index (χ4n) is 3.03. The molecule has 0 aromatic rings. The molecule has 1 unspecified atom stereocenters. The van der Waals surface area contributed by atoms with Crippen molar-refractivity contribution in [2.75, 3.05) is 26.2 Å². The number of carbonyl (C=O) groups excluding carboxylic acids is 2. The van der Waals surface area contributed by atoms with Crippen LogP contribution in [0.25, 0.3) is 0 Å². The number of rotatable bonds is 7. The Balaban J connectivity index is 2.71. The van der Waals surface area contributed by atoms with E-state index < -0.39 is 5.41 Å². The lowest BCUT2D eigenvalue weighted by Crippen LogP contribution is -2.52. The topological polar surface area (TPSA) is 75.4 Å². The second kappa shape index (κ2) is 8.37. The van der Waals surface area contributed by atoms with E-state index in [0.29, 0.717) is 19.6 Å². The van der Waals surface area contributed by atoms with Crippen molar-refractivity contribution in [3.8, 4) is 0 Å². The largest absolute Gasteiger partial charge is 0.356 e. The predicted molar refractivity (Wildman–Crippen MR) is 84.7 cm³/mol. The lowest BCUT2D eigenvalue weighted by atomic mass is 9.80. The van der Waals surface area contributed by atoms with Gasteiger partial charge in [-0.3, -0.25) is 9.59 Å². The van der Waals surface area contributed by atoms with Gasteiger partial charge in [-0.05, 0) is 32.1 Å². The van der Waals surface area contributed by atoms with Gasteiger partial charge in [-0.25, -0.2) is 0 Å². The molecule has 3 N–H and O–H groups in total. The molecule has 1 fully saturated rings. The average Bonchev–Trinajstić information content (AvgIpc) is 2.54. The van der Waals surface area contributed by atoms with Crippen LogP contribution >= 0.6 is 0 Å². The number of hydrogen-bond acceptors (Lipinski definition) is 3. The fourth-order valence-corrected chi connectivity index (χ4v) is 3.03. The smallest absolute Gasteiger partial charge is 0.230 e. The Morgan fingerprint density at radius 3 is 2.48 bits per heavy atom. The summed E-state index contributed by atoms with van der Waals surface area (Å²) in [4.78, 5) is 26.8. The Morgan fingerprint density at radius 1 is 1.29 bits per heavy atom. The molecule has 2 amide bonds. The van der Waals surface area contributed by atoms with Crippen LogP contribution < -0.4 is 11.1 Å². The van der Waals surface area contributed by atoms with Crippen molar-refractivity contribution in [2.24, 2.45) is 17.1 Å². The number of hydrogen-bond donors (Lipinski definition) is 2. The molecule has 5 nitrogen and oxygen atoms in total. The van der Waals surface area contributed by atoms with Crippen molar-refractivity contribution >= 4 is 11.8 Å². The molecule has 0 spiro atoms. The summed E-state index contributed by atoms with van der Waals surface area (Å²) in [5, 5.41) is 2.94. The van der Waals surface area contributed by atoms with Gasteiger partial charge in [0, 0.05) is 26.2 Å². The van der Waals surface area contributed by atoms with Gasteiger partial charge >= 0.3 is 0 Å². The Kier molecular flexibility index (Phi) is 7.15. The van der Waals surface area contributed by atoms with Crippen molar-refractivity contribution in [2.45, 2.75) is 52.9 Å². The van der Waals surface area contributed by atoms with Crippen LogP contribution in [0, 0.1) is 11.3 Å². The molecule has 1 atom stereocenters. The summed E-state index contributed by atoms with van der Waals surface area (Å²) in [6.07, 6.45) is 4.20. The Bertz CT molecular complexity index is 345. The zero-order chi connectivity index (χ0) is 15.9. The van der Waals surface area contributed by atoms with Gasteiger partial charge in [-0.15, -0.1) is 0 Å². The molecular weight excluding hydrogens is 266 g/mol. The lowest BCUT2D eigenvalue weighted by molar-refractivity contribution is -0.145. The Hall–Kier alpha value is -1.10. The zero-order valence-electron chi connectivity index (χ0n) is 13.8. The number of nitrogens with two attached hydrogens (primary N) is 1. The van der Waals surface area contributed by atoms with E-state index in [4.69, 9.17) is 5.73 Å². The molecule has 122 valence electrons. The van der Waals surface area contributed by atoms with E-state index >= 15 is 0 Å². The van der Waals surface area contributed by atoms with E-state index in [2.05, 4.69) is 5.32 Å². The maximum Gasteiger partial charge on any atom is 0.230 e. The van der Waals surface area contributed by atoms with E-state index in [1.54, 1.807) is 0 Å². The second-order valence-corrected chi connectivity index (χ2v) is 6.07. The van der Waals surface area contributed by atoms with Crippen molar-refractivity contribution < 1.29 is 9.59 Å². The van der Waals surface area contributed by atoms with Gasteiger partial charge < -0.3 is 16.0 Å². The van der Waals surface area contributed by atoms with Crippen LogP contribution in [0.2, 0.25) is 0 Å². The van der Waals surface area contributed by atoms with Crippen LogP contribution in [-0.4, -0.2) is 42.9 Å². The molecule has 0 aromatic carbocycles. The first-order chi connectivity index (χ1) is 10.0. The first-order valence-electron chi connectivity index (χ1n) is 8.31. The van der Waals surface area contributed by atoms with Gasteiger partial charge in [-0.1, -0.05) is 20.8 Å². The van der Waals surface area contributed by atoms with Crippen LogP contribution in [0.4, 0.5) is 0 Å². The van der Waals surface area contributed by atoms with Crippen LogP contribution in [0.15, 0.2) is 0 Å². The van der Waals surface area contributed by atoms with Gasteiger partial charge in [0.05, 0.1) is 11.3 Å². The van der Waals surface area contributed by atoms with Crippen molar-refractivity contribution in [1.29, 1.82) is 0 Å². The van der Waals surface area contributed by atoms with E-state index in [9.17, 15) is 9.59 Å². The molecule has 21 heavy (non-hydrogen) atoms. The van der Waals surface area contributed by atoms with Gasteiger partial charge in [-0.2, -0.15) is 0 Å². The summed E-state index contributed by atoms with van der Waals surface area (Å²) in [5.74, 6) is 0.141. The maximum atomic E-state index is 12.8. The molecule has 1 saturated heterocycles. The van der Waals surface area contributed by atoms with Crippen molar-refractivity contribution in [3.63, 3.8) is 0 Å². The molecule has 1 aliphatic heterocycles. The minimum atomic E-state index is -0.457. The van der Waals surface area contributed by atoms with E-state index in [-0.39, 0.29) is 17.7 Å². The summed E-state index contributed by atoms with van der Waals surface area (Å²) < 4.78 is 0. The first kappa shape index (κ1) is 18.0. The minimum Gasteiger partial charge on any atom is -0.356 e. The molecule has 0 aromatic heterocycles. The van der Waals surface area contributed by atoms with Crippen LogP contribution in [-0.2, 0) is 9.59 Å². The molecule has 0 bridgehead atoms. The van der Waals surface area contributed by atoms with Crippen LogP contribution in [0.1, 0.15) is 52.9 Å². The van der Waals surface area contributed by atoms with Gasteiger partial charge in [0.25, 0.3) is 0 Å². The number of amides is 2. The SMILES string of the molecule is CCCNC(=O)C1CCCN(C(=O)C(CC)(CC)CN)C1. The van der Waals surface area contributed by atoms with Crippen molar-refractivity contribution in [1.82, 2.24) is 10.2 Å². The minimum absolute atomic E-state index is 0.0709. The molecule has 1 aliphatic rings. The summed E-state index contributed by atoms with van der Waals surface area (Å²) in [7, 11) is 0. The third-order valence-corrected chi connectivity index (χ3v) is 4.83. The zero-order valence-corrected chi connectivity index (χ0v) is 13.8. The lowest BCUT2D eigenvalue weighted by Gasteiger charge is -2.39. The highest BCUT2D eigenvalue weighted by atomic mass is 16.2. The number of nitrogens with one attached hydrogen (secondary N) is 1. The number of piperidine rings is 1. The molecule has 0 saturated carbocycles. The van der Waals surface area contributed by atoms with E-state index in [1.165, 1.54) is 0 Å². The van der Waals surface area contributed by atoms with Crippen LogP contribution in [0.3, 0.4) is 0 Å². The van der Waals surface area contributed by atoms with Gasteiger partial charge in [0.15, 0.2) is 0 Å². The number of nitrogens with zero attached hydrogens (tertiary/aromatic N) is 1. The Morgan fingerprint density at radius 2 is 1.95 bits per heavy atom. The first-order valence-corrected chi connectivity index (χ1v) is 8.31. The normalized spacial score (nSPS) is 19.4. The highest BCUT2D eigenvalue weighted by Crippen LogP contribution is 2.30. The fraction of sp³-hybridized carbons (Fsp3) is 0.875. The van der Waals surface area contributed by atoms with Gasteiger partial charge in [0.1, 0.15) is 0 Å². The highest BCUT2D eigenvalue weighted by molar-refractivity contribution is 5.84. The third-order valence-electron chi connectivity index (χ3n) is 4.83. The molecule has 0 aliphatic carbocycles. The quantitative estimate of drug-likeness (QED) is 0.748. The molecule has 5 heteroatoms. The summed E-state index contributed by atoms with van der Waals surface area (Å²) >= 11 is 0. The second-order valence-electron chi connectivity index (χ2n) is 6.07. The summed E-state index contributed by atoms with van der Waals surface area (Å²) in [5.41, 5.74) is 5.41. The van der Waals surface area contributed by atoms with Crippen molar-refractivity contribution in [3.05, 3.63) is 0 Å². The Labute approximate surface area is 128 Å². The predicted octanol–water partition coefficient (Wildman–Crippen LogP) is 1.52. The van der Waals surface area contributed by atoms with E-state index in [0.717, 1.165) is 38.6 Å². The average molecular weight is 297 g/mol. The number of carbonyl (C=O) groups is 2. The van der Waals surface area contributed by atoms with Gasteiger partial charge in [0.2, 0.25) is 11.8 Å². The molecular formula is C16H31N3O2. The van der Waals surface area contributed by atoms with Crippen LogP contribution in [0.5, 0.6) is 0 Å². The maximum absolute atomic E-state index is 12.8. The monoisotopic (exact) mass is 297 g/mol. The summed E-state index contributed by atoms with van der Waals surface area (Å²) in [6.45, 7) is 8.44. The van der Waals surface area contributed by atoms with E-state index in [1.807, 2.05) is 25.7 Å². The summed E-state index contributed by atoms with van der Waals surface area (Å²) in [6, 6.07) is 0.